The summed E-state index contributed by atoms with van der Waals surface area (Å²) >= 11 is 7.53. The zero-order chi connectivity index (χ0) is 21.8. The molecule has 7 nitrogen and oxygen atoms in total. The molecule has 0 spiro atoms. The van der Waals surface area contributed by atoms with E-state index < -0.39 is 6.09 Å². The van der Waals surface area contributed by atoms with Crippen LogP contribution in [0.1, 0.15) is 24.8 Å². The van der Waals surface area contributed by atoms with Crippen LogP contribution in [-0.4, -0.2) is 39.8 Å². The first-order valence-corrected chi connectivity index (χ1v) is 10.3. The van der Waals surface area contributed by atoms with Crippen molar-refractivity contribution >= 4 is 34.7 Å². The fourth-order valence-electron chi connectivity index (χ4n) is 2.95. The molecule has 2 heterocycles. The van der Waals surface area contributed by atoms with Crippen molar-refractivity contribution in [3.8, 4) is 27.6 Å². The van der Waals surface area contributed by atoms with E-state index >= 15 is 0 Å². The molecular formula is C21H21ClN4O3S. The smallest absolute Gasteiger partial charge is 0.412 e. The number of nitrogens with zero attached hydrogens (tertiary/aromatic N) is 4. The number of para-hydroxylation sites is 1. The highest BCUT2D eigenvalue weighted by molar-refractivity contribution is 7.15. The average molecular weight is 445 g/mol. The third kappa shape index (κ3) is 4.29. The molecule has 2 aromatic heterocycles. The first kappa shape index (κ1) is 21.7. The Morgan fingerprint density at radius 3 is 2.73 bits per heavy atom. The third-order valence-corrected chi connectivity index (χ3v) is 5.84. The molecule has 3 rings (SSSR count). The Balaban J connectivity index is 2.26. The Hall–Kier alpha value is -2.97. The molecule has 30 heavy (non-hydrogen) atoms. The number of rotatable bonds is 7. The van der Waals surface area contributed by atoms with E-state index in [1.807, 2.05) is 6.07 Å². The summed E-state index contributed by atoms with van der Waals surface area (Å²) in [6.07, 6.45) is 2.01. The molecule has 156 valence electrons. The average Bonchev–Trinajstić information content (AvgIpc) is 3.17. The maximum atomic E-state index is 11.8. The van der Waals surface area contributed by atoms with E-state index in [0.29, 0.717) is 28.4 Å². The van der Waals surface area contributed by atoms with Crippen LogP contribution in [0.5, 0.6) is 5.75 Å². The second kappa shape index (κ2) is 9.23. The summed E-state index contributed by atoms with van der Waals surface area (Å²) < 4.78 is 5.66. The van der Waals surface area contributed by atoms with Gasteiger partial charge in [0.15, 0.2) is 5.75 Å². The fraction of sp³-hybridized carbons (Fsp3) is 0.238. The van der Waals surface area contributed by atoms with Crippen LogP contribution in [0.4, 0.5) is 10.5 Å². The maximum Gasteiger partial charge on any atom is 0.412 e. The number of ether oxygens (including phenoxy) is 1. The fourth-order valence-corrected chi connectivity index (χ4v) is 4.15. The van der Waals surface area contributed by atoms with Crippen LogP contribution in [0.2, 0.25) is 5.28 Å². The summed E-state index contributed by atoms with van der Waals surface area (Å²) in [5.74, 6) is 0.606. The number of thiazole rings is 1. The van der Waals surface area contributed by atoms with Gasteiger partial charge in [0.1, 0.15) is 0 Å². The van der Waals surface area contributed by atoms with Crippen molar-refractivity contribution in [3.63, 3.8) is 0 Å². The van der Waals surface area contributed by atoms with E-state index in [1.54, 1.807) is 24.4 Å². The van der Waals surface area contributed by atoms with E-state index in [1.165, 1.54) is 29.4 Å². The van der Waals surface area contributed by atoms with Gasteiger partial charge in [-0.05, 0) is 29.8 Å². The van der Waals surface area contributed by atoms with E-state index in [-0.39, 0.29) is 17.7 Å². The number of hydrogen-bond donors (Lipinski definition) is 1. The monoisotopic (exact) mass is 444 g/mol. The molecule has 1 aromatic carbocycles. The lowest BCUT2D eigenvalue weighted by Crippen LogP contribution is -2.29. The predicted octanol–water partition coefficient (Wildman–Crippen LogP) is 5.72. The standard InChI is InChI=1S/C21H21ClN4O3S/c1-5-11-26(21(27)28)15-8-6-7-13(17(15)29-4)16-18(30-19(25-16)12(2)3)14-9-10-23-20(22)24-14/h5-10,12H,1,11H2,2-4H3,(H,27,28). The van der Waals surface area contributed by atoms with Crippen LogP contribution in [0, 0.1) is 0 Å². The van der Waals surface area contributed by atoms with Gasteiger partial charge >= 0.3 is 6.09 Å². The number of methoxy groups -OCH3 is 1. The second-order valence-electron chi connectivity index (χ2n) is 6.64. The molecule has 3 aromatic rings. The lowest BCUT2D eigenvalue weighted by Gasteiger charge is -2.21. The second-order valence-corrected chi connectivity index (χ2v) is 8.00. The molecule has 0 unspecified atom stereocenters. The van der Waals surface area contributed by atoms with Crippen LogP contribution in [0.25, 0.3) is 21.8 Å². The minimum absolute atomic E-state index is 0.123. The van der Waals surface area contributed by atoms with E-state index in [2.05, 4.69) is 30.4 Å². The van der Waals surface area contributed by atoms with Gasteiger partial charge in [-0.1, -0.05) is 26.0 Å². The van der Waals surface area contributed by atoms with Gasteiger partial charge in [0.25, 0.3) is 0 Å². The summed E-state index contributed by atoms with van der Waals surface area (Å²) in [5.41, 5.74) is 2.37. The summed E-state index contributed by atoms with van der Waals surface area (Å²) in [5, 5.41) is 10.7. The van der Waals surface area contributed by atoms with Crippen LogP contribution in [0.15, 0.2) is 43.1 Å². The van der Waals surface area contributed by atoms with Crippen LogP contribution < -0.4 is 9.64 Å². The molecule has 0 saturated carbocycles. The predicted molar refractivity (Wildman–Crippen MR) is 120 cm³/mol. The van der Waals surface area contributed by atoms with Gasteiger partial charge in [-0.15, -0.1) is 17.9 Å². The van der Waals surface area contributed by atoms with Crippen molar-refractivity contribution in [1.29, 1.82) is 0 Å². The Kier molecular flexibility index (Phi) is 6.69. The number of amides is 1. The highest BCUT2D eigenvalue weighted by Gasteiger charge is 2.25. The number of carboxylic acid groups (broad SMARTS) is 1. The van der Waals surface area contributed by atoms with Gasteiger partial charge in [0.2, 0.25) is 5.28 Å². The molecule has 1 N–H and O–H groups in total. The number of hydrogen-bond acceptors (Lipinski definition) is 6. The normalized spacial score (nSPS) is 10.8. The summed E-state index contributed by atoms with van der Waals surface area (Å²) in [4.78, 5) is 26.9. The Bertz CT molecular complexity index is 1080. The largest absolute Gasteiger partial charge is 0.494 e. The summed E-state index contributed by atoms with van der Waals surface area (Å²) in [6, 6.07) is 7.08. The molecule has 0 aliphatic heterocycles. The third-order valence-electron chi connectivity index (χ3n) is 4.28. The zero-order valence-corrected chi connectivity index (χ0v) is 18.4. The molecule has 0 aliphatic carbocycles. The highest BCUT2D eigenvalue weighted by atomic mass is 35.5. The van der Waals surface area contributed by atoms with Crippen molar-refractivity contribution < 1.29 is 14.6 Å². The minimum atomic E-state index is -1.10. The van der Waals surface area contributed by atoms with Gasteiger partial charge in [-0.3, -0.25) is 4.90 Å². The Morgan fingerprint density at radius 1 is 1.37 bits per heavy atom. The van der Waals surface area contributed by atoms with Gasteiger partial charge in [-0.25, -0.2) is 19.7 Å². The molecular weight excluding hydrogens is 424 g/mol. The maximum absolute atomic E-state index is 11.8. The van der Waals surface area contributed by atoms with E-state index in [9.17, 15) is 9.90 Å². The molecule has 0 atom stereocenters. The van der Waals surface area contributed by atoms with Crippen LogP contribution in [0.3, 0.4) is 0 Å². The Labute approximate surface area is 183 Å². The highest BCUT2D eigenvalue weighted by Crippen LogP contribution is 2.45. The first-order valence-electron chi connectivity index (χ1n) is 9.15. The lowest BCUT2D eigenvalue weighted by atomic mass is 10.1. The quantitative estimate of drug-likeness (QED) is 0.370. The topological polar surface area (TPSA) is 88.4 Å². The van der Waals surface area contributed by atoms with Gasteiger partial charge in [0.05, 0.1) is 34.1 Å². The number of aromatic nitrogens is 3. The van der Waals surface area contributed by atoms with E-state index in [4.69, 9.17) is 21.3 Å². The molecule has 0 saturated heterocycles. The number of halogens is 1. The first-order chi connectivity index (χ1) is 14.4. The number of carbonyl (C=O) groups is 1. The summed E-state index contributed by atoms with van der Waals surface area (Å²) in [7, 11) is 1.51. The molecule has 1 amide bonds. The van der Waals surface area contributed by atoms with Crippen molar-refractivity contribution in [1.82, 2.24) is 15.0 Å². The van der Waals surface area contributed by atoms with Gasteiger partial charge < -0.3 is 9.84 Å². The lowest BCUT2D eigenvalue weighted by molar-refractivity contribution is 0.202. The van der Waals surface area contributed by atoms with Crippen molar-refractivity contribution in [3.05, 3.63) is 53.4 Å². The van der Waals surface area contributed by atoms with Gasteiger partial charge in [0, 0.05) is 24.2 Å². The molecule has 0 fully saturated rings. The van der Waals surface area contributed by atoms with Gasteiger partial charge in [-0.2, -0.15) is 0 Å². The SMILES string of the molecule is C=CCN(C(=O)O)c1cccc(-c2nc(C(C)C)sc2-c2ccnc(Cl)n2)c1OC. The van der Waals surface area contributed by atoms with Crippen molar-refractivity contribution in [2.75, 3.05) is 18.6 Å². The molecule has 0 radical (unpaired) electrons. The van der Waals surface area contributed by atoms with Crippen molar-refractivity contribution in [2.24, 2.45) is 0 Å². The molecule has 0 bridgehead atoms. The van der Waals surface area contributed by atoms with Crippen molar-refractivity contribution in [2.45, 2.75) is 19.8 Å². The molecule has 0 aliphatic rings. The Morgan fingerprint density at radius 2 is 2.13 bits per heavy atom. The van der Waals surface area contributed by atoms with Crippen LogP contribution >= 0.6 is 22.9 Å². The van der Waals surface area contributed by atoms with E-state index in [0.717, 1.165) is 9.88 Å². The molecule has 9 heteroatoms. The summed E-state index contributed by atoms with van der Waals surface area (Å²) in [6.45, 7) is 7.89. The number of anilines is 1. The zero-order valence-electron chi connectivity index (χ0n) is 16.8. The minimum Gasteiger partial charge on any atom is -0.494 e. The van der Waals surface area contributed by atoms with Crippen LogP contribution in [-0.2, 0) is 0 Å². The number of benzene rings is 1.